The quantitative estimate of drug-likeness (QED) is 0.809. The van der Waals surface area contributed by atoms with Gasteiger partial charge in [0.1, 0.15) is 5.15 Å². The molecule has 5 heteroatoms. The fourth-order valence-electron chi connectivity index (χ4n) is 0.941. The molecule has 15 heavy (non-hydrogen) atoms. The van der Waals surface area contributed by atoms with Crippen LogP contribution in [0.5, 0.6) is 0 Å². The van der Waals surface area contributed by atoms with Crippen molar-refractivity contribution >= 4 is 17.7 Å². The summed E-state index contributed by atoms with van der Waals surface area (Å²) in [5.41, 5.74) is 0.875. The molecule has 1 rings (SSSR count). The van der Waals surface area contributed by atoms with Crippen LogP contribution in [0.15, 0.2) is 18.3 Å². The second kappa shape index (κ2) is 5.56. The molecule has 1 heterocycles. The summed E-state index contributed by atoms with van der Waals surface area (Å²) >= 11 is 5.62. The lowest BCUT2D eigenvalue weighted by molar-refractivity contribution is 0.115. The molecule has 0 bridgehead atoms. The van der Waals surface area contributed by atoms with Gasteiger partial charge in [-0.3, -0.25) is 0 Å². The minimum absolute atomic E-state index is 0.117. The van der Waals surface area contributed by atoms with Gasteiger partial charge in [0, 0.05) is 12.7 Å². The molecule has 1 aromatic rings. The Bertz CT molecular complexity index is 325. The van der Waals surface area contributed by atoms with E-state index in [1.165, 1.54) is 0 Å². The molecule has 1 aromatic heterocycles. The molecule has 0 fully saturated rings. The van der Waals surface area contributed by atoms with Gasteiger partial charge in [0.05, 0.1) is 6.10 Å². The first-order valence-corrected chi connectivity index (χ1v) is 5.00. The van der Waals surface area contributed by atoms with Crippen molar-refractivity contribution in [3.05, 3.63) is 29.0 Å². The summed E-state index contributed by atoms with van der Waals surface area (Å²) < 4.78 is 4.90. The highest BCUT2D eigenvalue weighted by Crippen LogP contribution is 2.04. The number of hydrogen-bond donors (Lipinski definition) is 1. The summed E-state index contributed by atoms with van der Waals surface area (Å²) in [5, 5.41) is 3.04. The Hall–Kier alpha value is -1.29. The van der Waals surface area contributed by atoms with Crippen molar-refractivity contribution in [3.63, 3.8) is 0 Å². The first-order valence-electron chi connectivity index (χ1n) is 4.63. The van der Waals surface area contributed by atoms with Gasteiger partial charge >= 0.3 is 6.09 Å². The van der Waals surface area contributed by atoms with Crippen molar-refractivity contribution in [2.45, 2.75) is 26.5 Å². The molecular weight excluding hydrogens is 216 g/mol. The van der Waals surface area contributed by atoms with Crippen LogP contribution in [0.4, 0.5) is 4.79 Å². The smallest absolute Gasteiger partial charge is 0.407 e. The molecule has 0 aliphatic carbocycles. The molecule has 0 atom stereocenters. The third-order valence-electron chi connectivity index (χ3n) is 1.57. The highest BCUT2D eigenvalue weighted by atomic mass is 35.5. The summed E-state index contributed by atoms with van der Waals surface area (Å²) in [7, 11) is 0. The van der Waals surface area contributed by atoms with Crippen LogP contribution in [0.2, 0.25) is 5.15 Å². The van der Waals surface area contributed by atoms with E-state index in [2.05, 4.69) is 10.3 Å². The summed E-state index contributed by atoms with van der Waals surface area (Å²) in [4.78, 5) is 15.0. The van der Waals surface area contributed by atoms with Gasteiger partial charge < -0.3 is 10.1 Å². The molecule has 0 aromatic carbocycles. The molecule has 0 saturated heterocycles. The summed E-state index contributed by atoms with van der Waals surface area (Å²) in [6.07, 6.45) is 1.06. The van der Waals surface area contributed by atoms with E-state index in [1.54, 1.807) is 32.2 Å². The van der Waals surface area contributed by atoms with E-state index in [0.717, 1.165) is 5.56 Å². The van der Waals surface area contributed by atoms with Gasteiger partial charge in [0.2, 0.25) is 0 Å². The monoisotopic (exact) mass is 228 g/mol. The predicted octanol–water partition coefficient (Wildman–Crippen LogP) is 2.37. The average Bonchev–Trinajstić information content (AvgIpc) is 2.16. The summed E-state index contributed by atoms with van der Waals surface area (Å²) in [5.74, 6) is 0. The van der Waals surface area contributed by atoms with Crippen LogP contribution in [-0.2, 0) is 11.3 Å². The van der Waals surface area contributed by atoms with Crippen molar-refractivity contribution in [3.8, 4) is 0 Å². The maximum absolute atomic E-state index is 11.1. The lowest BCUT2D eigenvalue weighted by Gasteiger charge is -2.09. The molecule has 0 saturated carbocycles. The average molecular weight is 229 g/mol. The van der Waals surface area contributed by atoms with Crippen LogP contribution in [0, 0.1) is 0 Å². The lowest BCUT2D eigenvalue weighted by atomic mass is 10.3. The molecule has 82 valence electrons. The SMILES string of the molecule is CC(C)OC(=O)NCc1ccc(Cl)nc1. The van der Waals surface area contributed by atoms with Gasteiger partial charge in [-0.05, 0) is 25.5 Å². The van der Waals surface area contributed by atoms with Gasteiger partial charge in [0.25, 0.3) is 0 Å². The van der Waals surface area contributed by atoms with Crippen LogP contribution in [0.1, 0.15) is 19.4 Å². The van der Waals surface area contributed by atoms with Gasteiger partial charge in [-0.15, -0.1) is 0 Å². The van der Waals surface area contributed by atoms with Crippen LogP contribution >= 0.6 is 11.6 Å². The Morgan fingerprint density at radius 3 is 2.87 bits per heavy atom. The standard InChI is InChI=1S/C10H13ClN2O2/c1-7(2)15-10(14)13-6-8-3-4-9(11)12-5-8/h3-5,7H,6H2,1-2H3,(H,13,14). The number of alkyl carbamates (subject to hydrolysis) is 1. The number of nitrogens with one attached hydrogen (secondary N) is 1. The number of nitrogens with zero attached hydrogens (tertiary/aromatic N) is 1. The second-order valence-electron chi connectivity index (χ2n) is 3.30. The Morgan fingerprint density at radius 2 is 2.33 bits per heavy atom. The number of hydrogen-bond acceptors (Lipinski definition) is 3. The van der Waals surface area contributed by atoms with Crippen molar-refractivity contribution in [2.75, 3.05) is 0 Å². The number of aromatic nitrogens is 1. The Kier molecular flexibility index (Phi) is 4.37. The van der Waals surface area contributed by atoms with Crippen LogP contribution in [0.3, 0.4) is 0 Å². The number of amides is 1. The highest BCUT2D eigenvalue weighted by Gasteiger charge is 2.04. The maximum atomic E-state index is 11.1. The van der Waals surface area contributed by atoms with Gasteiger partial charge in [-0.25, -0.2) is 9.78 Å². The highest BCUT2D eigenvalue weighted by molar-refractivity contribution is 6.29. The van der Waals surface area contributed by atoms with Crippen LogP contribution in [-0.4, -0.2) is 17.2 Å². The van der Waals surface area contributed by atoms with E-state index < -0.39 is 6.09 Å². The summed E-state index contributed by atoms with van der Waals surface area (Å²) in [6, 6.07) is 3.47. The van der Waals surface area contributed by atoms with E-state index in [9.17, 15) is 4.79 Å². The fourth-order valence-corrected chi connectivity index (χ4v) is 1.05. The number of carbonyl (C=O) groups is 1. The topological polar surface area (TPSA) is 51.2 Å². The van der Waals surface area contributed by atoms with E-state index in [-0.39, 0.29) is 6.10 Å². The van der Waals surface area contributed by atoms with Crippen LogP contribution < -0.4 is 5.32 Å². The lowest BCUT2D eigenvalue weighted by Crippen LogP contribution is -2.26. The van der Waals surface area contributed by atoms with E-state index >= 15 is 0 Å². The summed E-state index contributed by atoms with van der Waals surface area (Å²) in [6.45, 7) is 3.97. The number of halogens is 1. The third kappa shape index (κ3) is 4.65. The Balaban J connectivity index is 2.37. The largest absolute Gasteiger partial charge is 0.447 e. The number of ether oxygens (including phenoxy) is 1. The second-order valence-corrected chi connectivity index (χ2v) is 3.68. The zero-order valence-corrected chi connectivity index (χ0v) is 9.41. The molecule has 0 radical (unpaired) electrons. The van der Waals surface area contributed by atoms with Gasteiger partial charge in [0.15, 0.2) is 0 Å². The van der Waals surface area contributed by atoms with Crippen molar-refractivity contribution in [1.82, 2.24) is 10.3 Å². The molecule has 1 amide bonds. The molecule has 1 N–H and O–H groups in total. The van der Waals surface area contributed by atoms with E-state index in [4.69, 9.17) is 16.3 Å². The Labute approximate surface area is 93.6 Å². The minimum Gasteiger partial charge on any atom is -0.447 e. The zero-order chi connectivity index (χ0) is 11.3. The normalized spacial score (nSPS) is 10.1. The van der Waals surface area contributed by atoms with Crippen molar-refractivity contribution in [1.29, 1.82) is 0 Å². The number of rotatable bonds is 3. The molecule has 0 aliphatic heterocycles. The van der Waals surface area contributed by atoms with Crippen LogP contribution in [0.25, 0.3) is 0 Å². The van der Waals surface area contributed by atoms with Crippen molar-refractivity contribution < 1.29 is 9.53 Å². The van der Waals surface area contributed by atoms with Gasteiger partial charge in [-0.1, -0.05) is 17.7 Å². The van der Waals surface area contributed by atoms with Crippen molar-refractivity contribution in [2.24, 2.45) is 0 Å². The predicted molar refractivity (Wildman–Crippen MR) is 57.7 cm³/mol. The number of pyridine rings is 1. The molecule has 4 nitrogen and oxygen atoms in total. The molecule has 0 aliphatic rings. The first kappa shape index (κ1) is 11.8. The van der Waals surface area contributed by atoms with E-state index in [1.807, 2.05) is 0 Å². The van der Waals surface area contributed by atoms with Gasteiger partial charge in [-0.2, -0.15) is 0 Å². The molecule has 0 spiro atoms. The molecule has 0 unspecified atom stereocenters. The zero-order valence-electron chi connectivity index (χ0n) is 8.66. The molecular formula is C10H13ClN2O2. The number of carbonyl (C=O) groups excluding carboxylic acids is 1. The first-order chi connectivity index (χ1) is 7.08. The Morgan fingerprint density at radius 1 is 1.60 bits per heavy atom. The maximum Gasteiger partial charge on any atom is 0.407 e. The minimum atomic E-state index is -0.431. The fraction of sp³-hybridized carbons (Fsp3) is 0.400. The van der Waals surface area contributed by atoms with E-state index in [0.29, 0.717) is 11.7 Å². The third-order valence-corrected chi connectivity index (χ3v) is 1.79.